The van der Waals surface area contributed by atoms with E-state index < -0.39 is 47.0 Å². The summed E-state index contributed by atoms with van der Waals surface area (Å²) in [5, 5.41) is 0.502. The maximum absolute atomic E-state index is 14.1. The molecule has 2 aliphatic carbocycles. The van der Waals surface area contributed by atoms with E-state index in [4.69, 9.17) is 9.47 Å². The van der Waals surface area contributed by atoms with Crippen LogP contribution in [0.1, 0.15) is 28.3 Å². The summed E-state index contributed by atoms with van der Waals surface area (Å²) in [6, 6.07) is 10.2. The number of fused-ring (bicyclic) bond motifs is 9. The average Bonchev–Trinajstić information content (AvgIpc) is 3.79. The minimum Gasteiger partial charge on any atom is -0.483 e. The van der Waals surface area contributed by atoms with Gasteiger partial charge in [0.2, 0.25) is 11.8 Å². The number of thioether (sulfide) groups is 1. The number of aromatic nitrogens is 1. The van der Waals surface area contributed by atoms with E-state index in [2.05, 4.69) is 20.9 Å². The molecule has 2 saturated heterocycles. The standard InChI is InChI=1S/C32H27BrF3N3O6S2/c33-14-5-6-20(45-13-21(40)38-7-9-44-10-8-38)15(11-14)22-23-16-12-17(26(23)46-28-27(22)47-31(43)37-28)25-24(16)29(41)39(30(25)42)19-4-2-1-3-18(19)32(34,35)36/h1-6,11,16-17,22-26H,7-10,12-13H2,(H,37,43)/t16-,17-,22-,23?,24?,25?,26?/m1/s1. The molecule has 15 heteroatoms. The van der Waals surface area contributed by atoms with E-state index in [1.165, 1.54) is 30.0 Å². The van der Waals surface area contributed by atoms with E-state index in [0.29, 0.717) is 43.5 Å². The Kier molecular flexibility index (Phi) is 7.61. The smallest absolute Gasteiger partial charge is 0.418 e. The first-order valence-electron chi connectivity index (χ1n) is 15.2. The van der Waals surface area contributed by atoms with E-state index in [1.54, 1.807) is 17.0 Å². The van der Waals surface area contributed by atoms with Gasteiger partial charge >= 0.3 is 11.0 Å². The van der Waals surface area contributed by atoms with Crippen molar-refractivity contribution in [2.45, 2.75) is 28.8 Å². The van der Waals surface area contributed by atoms with Crippen LogP contribution < -0.4 is 14.5 Å². The molecule has 4 fully saturated rings. The van der Waals surface area contributed by atoms with Gasteiger partial charge in [-0.3, -0.25) is 19.2 Å². The van der Waals surface area contributed by atoms with Gasteiger partial charge in [0.1, 0.15) is 5.75 Å². The van der Waals surface area contributed by atoms with Crippen molar-refractivity contribution in [1.29, 1.82) is 0 Å². The number of ether oxygens (including phenoxy) is 2. The number of amides is 3. The molecule has 8 rings (SSSR count). The summed E-state index contributed by atoms with van der Waals surface area (Å²) >= 11 is 6.13. The van der Waals surface area contributed by atoms with Crippen molar-refractivity contribution in [3.05, 3.63) is 72.6 Å². The van der Waals surface area contributed by atoms with Crippen LogP contribution in [-0.4, -0.2) is 65.8 Å². The zero-order valence-corrected chi connectivity index (χ0v) is 27.7. The summed E-state index contributed by atoms with van der Waals surface area (Å²) in [5.41, 5.74) is -0.728. The number of H-pyrrole nitrogens is 1. The Morgan fingerprint density at radius 2 is 1.77 bits per heavy atom. The predicted octanol–water partition coefficient (Wildman–Crippen LogP) is 5.13. The van der Waals surface area contributed by atoms with E-state index >= 15 is 0 Å². The van der Waals surface area contributed by atoms with Gasteiger partial charge in [-0.15, -0.1) is 11.8 Å². The molecule has 2 bridgehead atoms. The highest BCUT2D eigenvalue weighted by Crippen LogP contribution is 2.69. The largest absolute Gasteiger partial charge is 0.483 e. The van der Waals surface area contributed by atoms with E-state index in [-0.39, 0.29) is 40.4 Å². The normalized spacial score (nSPS) is 29.6. The van der Waals surface area contributed by atoms with Crippen molar-refractivity contribution in [2.75, 3.05) is 37.8 Å². The summed E-state index contributed by atoms with van der Waals surface area (Å²) in [7, 11) is 0. The second-order valence-corrected chi connectivity index (χ2v) is 15.6. The minimum absolute atomic E-state index is 0.178. The highest BCUT2D eigenvalue weighted by molar-refractivity contribution is 9.10. The monoisotopic (exact) mass is 749 g/mol. The summed E-state index contributed by atoms with van der Waals surface area (Å²) in [6.07, 6.45) is -4.18. The number of anilines is 1. The Morgan fingerprint density at radius 1 is 1.04 bits per heavy atom. The van der Waals surface area contributed by atoms with E-state index in [0.717, 1.165) is 37.2 Å². The highest BCUT2D eigenvalue weighted by Gasteiger charge is 2.70. The third-order valence-corrected chi connectivity index (χ3v) is 13.3. The number of aromatic amines is 1. The molecule has 3 aromatic rings. The van der Waals surface area contributed by atoms with Gasteiger partial charge < -0.3 is 19.4 Å². The molecule has 246 valence electrons. The van der Waals surface area contributed by atoms with Crippen molar-refractivity contribution in [1.82, 2.24) is 9.88 Å². The molecule has 4 unspecified atom stereocenters. The maximum Gasteiger partial charge on any atom is 0.418 e. The molecular weight excluding hydrogens is 723 g/mol. The summed E-state index contributed by atoms with van der Waals surface area (Å²) in [6.45, 7) is 1.67. The SMILES string of the molecule is O=C(COc1ccc(Br)cc1[C@H]1c2sc(=O)[nH]c2SC2C1[C@H]1C[C@@H]2C2C(=O)N(c3ccccc3C(F)(F)F)C(=O)C21)N1CCOCC1. The molecule has 0 radical (unpaired) electrons. The molecular formula is C32H27BrF3N3O6S2. The molecule has 5 aliphatic rings. The Morgan fingerprint density at radius 3 is 2.51 bits per heavy atom. The minimum atomic E-state index is -4.75. The average molecular weight is 751 g/mol. The Hall–Kier alpha value is -3.14. The lowest BCUT2D eigenvalue weighted by Gasteiger charge is -2.43. The maximum atomic E-state index is 14.1. The fraction of sp³-hybridized carbons (Fsp3) is 0.438. The van der Waals surface area contributed by atoms with Gasteiger partial charge in [-0.1, -0.05) is 39.4 Å². The lowest BCUT2D eigenvalue weighted by molar-refractivity contribution is -0.138. The van der Waals surface area contributed by atoms with Crippen molar-refractivity contribution in [3.8, 4) is 5.75 Å². The van der Waals surface area contributed by atoms with Gasteiger partial charge in [-0.05, 0) is 54.5 Å². The first-order valence-corrected chi connectivity index (χ1v) is 17.7. The molecule has 0 spiro atoms. The van der Waals surface area contributed by atoms with Gasteiger partial charge in [-0.2, -0.15) is 13.2 Å². The van der Waals surface area contributed by atoms with Crippen LogP contribution in [0.2, 0.25) is 0 Å². The predicted molar refractivity (Wildman–Crippen MR) is 169 cm³/mol. The van der Waals surface area contributed by atoms with Gasteiger partial charge in [0.15, 0.2) is 6.61 Å². The number of thiazole rings is 1. The van der Waals surface area contributed by atoms with Crippen LogP contribution in [0.4, 0.5) is 18.9 Å². The Balaban J connectivity index is 1.17. The summed E-state index contributed by atoms with van der Waals surface area (Å²) < 4.78 is 54.3. The molecule has 47 heavy (non-hydrogen) atoms. The quantitative estimate of drug-likeness (QED) is 0.361. The molecule has 2 aromatic carbocycles. The zero-order valence-electron chi connectivity index (χ0n) is 24.5. The highest BCUT2D eigenvalue weighted by atomic mass is 79.9. The van der Waals surface area contributed by atoms with Crippen LogP contribution in [0.5, 0.6) is 5.75 Å². The van der Waals surface area contributed by atoms with Crippen molar-refractivity contribution < 1.29 is 37.0 Å². The van der Waals surface area contributed by atoms with Crippen LogP contribution in [0, 0.1) is 29.6 Å². The fourth-order valence-electron chi connectivity index (χ4n) is 8.45. The van der Waals surface area contributed by atoms with Crippen LogP contribution >= 0.6 is 39.0 Å². The number of nitrogens with one attached hydrogen (secondary N) is 1. The molecule has 7 atom stereocenters. The Labute approximate surface area is 282 Å². The zero-order chi connectivity index (χ0) is 32.8. The number of nitrogens with zero attached hydrogens (tertiary/aromatic N) is 2. The van der Waals surface area contributed by atoms with E-state index in [1.807, 2.05) is 6.07 Å². The first-order chi connectivity index (χ1) is 22.5. The van der Waals surface area contributed by atoms with Crippen LogP contribution in [-0.2, 0) is 25.3 Å². The second kappa shape index (κ2) is 11.5. The molecule has 3 amide bonds. The van der Waals surface area contributed by atoms with Gasteiger partial charge in [0, 0.05) is 39.2 Å². The number of morpholine rings is 1. The molecule has 1 aromatic heterocycles. The first kappa shape index (κ1) is 31.1. The number of imide groups is 1. The number of benzene rings is 2. The second-order valence-electron chi connectivity index (χ2n) is 12.5. The fourth-order valence-corrected chi connectivity index (χ4v) is 11.7. The van der Waals surface area contributed by atoms with Crippen LogP contribution in [0.25, 0.3) is 0 Å². The number of halogens is 4. The topological polar surface area (TPSA) is 109 Å². The number of hydrogen-bond acceptors (Lipinski definition) is 8. The molecule has 3 aliphatic heterocycles. The lowest BCUT2D eigenvalue weighted by atomic mass is 9.68. The molecule has 1 N–H and O–H groups in total. The molecule has 2 saturated carbocycles. The molecule has 9 nitrogen and oxygen atoms in total. The van der Waals surface area contributed by atoms with Gasteiger partial charge in [0.05, 0.1) is 41.3 Å². The van der Waals surface area contributed by atoms with Crippen molar-refractivity contribution in [2.24, 2.45) is 29.6 Å². The van der Waals surface area contributed by atoms with Crippen molar-refractivity contribution >= 4 is 62.4 Å². The number of carbonyl (C=O) groups is 3. The number of rotatable bonds is 5. The number of carbonyl (C=O) groups excluding carboxylic acids is 3. The van der Waals surface area contributed by atoms with E-state index in [9.17, 15) is 32.3 Å². The summed E-state index contributed by atoms with van der Waals surface area (Å²) in [5.74, 6) is -3.69. The number of para-hydroxylation sites is 1. The van der Waals surface area contributed by atoms with Gasteiger partial charge in [0.25, 0.3) is 5.91 Å². The Bertz CT molecular complexity index is 1860. The number of hydrogen-bond donors (Lipinski definition) is 1. The summed E-state index contributed by atoms with van der Waals surface area (Å²) in [4.78, 5) is 59.7. The number of alkyl halides is 3. The van der Waals surface area contributed by atoms with Gasteiger partial charge in [-0.25, -0.2) is 4.90 Å². The van der Waals surface area contributed by atoms with Crippen LogP contribution in [0.3, 0.4) is 0 Å². The third-order valence-electron chi connectivity index (χ3n) is 10.2. The lowest BCUT2D eigenvalue weighted by Crippen LogP contribution is -2.43. The van der Waals surface area contributed by atoms with Crippen LogP contribution in [0.15, 0.2) is 56.8 Å². The van der Waals surface area contributed by atoms with Crippen molar-refractivity contribution in [3.63, 3.8) is 0 Å². The third kappa shape index (κ3) is 4.98. The molecule has 4 heterocycles.